The molecule has 0 bridgehead atoms. The van der Waals surface area contributed by atoms with Crippen molar-refractivity contribution in [3.8, 4) is 0 Å². The molecule has 1 N–H and O–H groups in total. The summed E-state index contributed by atoms with van der Waals surface area (Å²) in [6, 6.07) is 12.4. The number of benzene rings is 1. The van der Waals surface area contributed by atoms with Crippen molar-refractivity contribution in [1.29, 1.82) is 0 Å². The van der Waals surface area contributed by atoms with Crippen LogP contribution in [0.4, 0.5) is 5.82 Å². The summed E-state index contributed by atoms with van der Waals surface area (Å²) >= 11 is 0. The molecule has 1 aromatic carbocycles. The van der Waals surface area contributed by atoms with Crippen molar-refractivity contribution in [1.82, 2.24) is 4.98 Å². The van der Waals surface area contributed by atoms with Crippen LogP contribution in [-0.2, 0) is 22.9 Å². The van der Waals surface area contributed by atoms with Crippen molar-refractivity contribution in [3.63, 3.8) is 0 Å². The molecule has 0 unspecified atom stereocenters. The molecule has 4 nitrogen and oxygen atoms in total. The number of pyridine rings is 1. The number of hydrogen-bond acceptors (Lipinski definition) is 3. The van der Waals surface area contributed by atoms with Gasteiger partial charge in [0.05, 0.1) is 4.90 Å². The van der Waals surface area contributed by atoms with Crippen LogP contribution in [0.2, 0.25) is 0 Å². The van der Waals surface area contributed by atoms with Crippen molar-refractivity contribution in [2.75, 3.05) is 4.72 Å². The van der Waals surface area contributed by atoms with E-state index in [1.807, 2.05) is 25.1 Å². The summed E-state index contributed by atoms with van der Waals surface area (Å²) in [5.74, 6) is 0.356. The maximum Gasteiger partial charge on any atom is 0.263 e. The van der Waals surface area contributed by atoms with Gasteiger partial charge in [-0.05, 0) is 49.1 Å². The highest BCUT2D eigenvalue weighted by Crippen LogP contribution is 2.16. The topological polar surface area (TPSA) is 59.1 Å². The third kappa shape index (κ3) is 4.31. The Labute approximate surface area is 132 Å². The van der Waals surface area contributed by atoms with Crippen LogP contribution in [0.1, 0.15) is 37.9 Å². The zero-order valence-corrected chi connectivity index (χ0v) is 13.9. The highest BCUT2D eigenvalue weighted by Gasteiger charge is 2.14. The summed E-state index contributed by atoms with van der Waals surface area (Å²) in [6.45, 7) is 4.12. The minimum Gasteiger partial charge on any atom is -0.263 e. The lowest BCUT2D eigenvalue weighted by Crippen LogP contribution is -2.14. The molecule has 1 heterocycles. The van der Waals surface area contributed by atoms with E-state index in [9.17, 15) is 8.42 Å². The number of nitrogens with zero attached hydrogens (tertiary/aromatic N) is 1. The SMILES string of the molecule is CCCCc1ccc(S(=O)(=O)Nc2cccc(CC)n2)cc1. The third-order valence-corrected chi connectivity index (χ3v) is 4.83. The first kappa shape index (κ1) is 16.5. The van der Waals surface area contributed by atoms with Gasteiger partial charge < -0.3 is 0 Å². The number of aromatic nitrogens is 1. The Morgan fingerprint density at radius 2 is 1.77 bits per heavy atom. The van der Waals surface area contributed by atoms with Gasteiger partial charge in [-0.25, -0.2) is 13.4 Å². The van der Waals surface area contributed by atoms with E-state index >= 15 is 0 Å². The summed E-state index contributed by atoms with van der Waals surface area (Å²) < 4.78 is 27.3. The summed E-state index contributed by atoms with van der Waals surface area (Å²) in [7, 11) is -3.59. The van der Waals surface area contributed by atoms with E-state index in [4.69, 9.17) is 0 Å². The van der Waals surface area contributed by atoms with E-state index in [0.29, 0.717) is 5.82 Å². The molecule has 5 heteroatoms. The Kier molecular flexibility index (Phi) is 5.55. The molecule has 1 aromatic heterocycles. The van der Waals surface area contributed by atoms with Crippen LogP contribution in [0, 0.1) is 0 Å². The lowest BCUT2D eigenvalue weighted by atomic mass is 10.1. The molecular formula is C17H22N2O2S. The lowest BCUT2D eigenvalue weighted by molar-refractivity contribution is 0.601. The van der Waals surface area contributed by atoms with Crippen LogP contribution in [0.25, 0.3) is 0 Å². The van der Waals surface area contributed by atoms with Crippen LogP contribution in [0.3, 0.4) is 0 Å². The number of nitrogens with one attached hydrogen (secondary N) is 1. The molecule has 2 rings (SSSR count). The zero-order valence-electron chi connectivity index (χ0n) is 13.0. The van der Waals surface area contributed by atoms with Gasteiger partial charge in [0.1, 0.15) is 5.82 Å². The Morgan fingerprint density at radius 1 is 1.05 bits per heavy atom. The van der Waals surface area contributed by atoms with Gasteiger partial charge in [-0.2, -0.15) is 0 Å². The molecule has 0 saturated heterocycles. The van der Waals surface area contributed by atoms with E-state index < -0.39 is 10.0 Å². The number of aryl methyl sites for hydroxylation is 2. The largest absolute Gasteiger partial charge is 0.263 e. The van der Waals surface area contributed by atoms with Gasteiger partial charge in [0.15, 0.2) is 0 Å². The second kappa shape index (κ2) is 7.40. The standard InChI is InChI=1S/C17H22N2O2S/c1-3-5-7-14-10-12-16(13-11-14)22(20,21)19-17-9-6-8-15(4-2)18-17/h6,8-13H,3-5,7H2,1-2H3,(H,18,19). The fourth-order valence-corrected chi connectivity index (χ4v) is 3.15. The van der Waals surface area contributed by atoms with Crippen LogP contribution in [0.15, 0.2) is 47.4 Å². The second-order valence-corrected chi connectivity index (χ2v) is 6.90. The van der Waals surface area contributed by atoms with Gasteiger partial charge in [0.25, 0.3) is 10.0 Å². The van der Waals surface area contributed by atoms with Gasteiger partial charge in [-0.3, -0.25) is 4.72 Å². The van der Waals surface area contributed by atoms with Crippen LogP contribution < -0.4 is 4.72 Å². The highest BCUT2D eigenvalue weighted by atomic mass is 32.2. The summed E-state index contributed by atoms with van der Waals surface area (Å²) in [5.41, 5.74) is 2.02. The number of rotatable bonds is 7. The molecule has 0 radical (unpaired) electrons. The van der Waals surface area contributed by atoms with E-state index in [1.54, 1.807) is 24.3 Å². The van der Waals surface area contributed by atoms with Crippen molar-refractivity contribution in [3.05, 3.63) is 53.7 Å². The van der Waals surface area contributed by atoms with Crippen molar-refractivity contribution >= 4 is 15.8 Å². The van der Waals surface area contributed by atoms with E-state index in [1.165, 1.54) is 0 Å². The molecule has 0 atom stereocenters. The maximum absolute atomic E-state index is 12.4. The van der Waals surface area contributed by atoms with Gasteiger partial charge in [0, 0.05) is 5.69 Å². The van der Waals surface area contributed by atoms with Gasteiger partial charge in [0.2, 0.25) is 0 Å². The molecule has 0 fully saturated rings. The molecule has 0 saturated carbocycles. The summed E-state index contributed by atoms with van der Waals surface area (Å²) in [5, 5.41) is 0. The predicted molar refractivity (Wildman–Crippen MR) is 89.5 cm³/mol. The molecule has 118 valence electrons. The van der Waals surface area contributed by atoms with Crippen molar-refractivity contribution in [2.45, 2.75) is 44.4 Å². The molecule has 2 aromatic rings. The van der Waals surface area contributed by atoms with Crippen LogP contribution >= 0.6 is 0 Å². The normalized spacial score (nSPS) is 11.4. The second-order valence-electron chi connectivity index (χ2n) is 5.22. The zero-order chi connectivity index (χ0) is 16.0. The first-order valence-corrected chi connectivity index (χ1v) is 9.11. The summed E-state index contributed by atoms with van der Waals surface area (Å²) in [4.78, 5) is 4.53. The number of anilines is 1. The predicted octanol–water partition coefficient (Wildman–Crippen LogP) is 3.79. The van der Waals surface area contributed by atoms with E-state index in [2.05, 4.69) is 16.6 Å². The minimum absolute atomic E-state index is 0.261. The van der Waals surface area contributed by atoms with Crippen molar-refractivity contribution in [2.24, 2.45) is 0 Å². The van der Waals surface area contributed by atoms with Crippen LogP contribution in [0.5, 0.6) is 0 Å². The quantitative estimate of drug-likeness (QED) is 0.845. The number of sulfonamides is 1. The fraction of sp³-hybridized carbons (Fsp3) is 0.353. The molecule has 0 aliphatic heterocycles. The third-order valence-electron chi connectivity index (χ3n) is 3.46. The Bertz CT molecular complexity index is 710. The van der Waals surface area contributed by atoms with Crippen molar-refractivity contribution < 1.29 is 8.42 Å². The fourth-order valence-electron chi connectivity index (χ4n) is 2.15. The number of hydrogen-bond donors (Lipinski definition) is 1. The van der Waals surface area contributed by atoms with Gasteiger partial charge >= 0.3 is 0 Å². The van der Waals surface area contributed by atoms with Gasteiger partial charge in [-0.15, -0.1) is 0 Å². The highest BCUT2D eigenvalue weighted by molar-refractivity contribution is 7.92. The smallest absolute Gasteiger partial charge is 0.263 e. The van der Waals surface area contributed by atoms with E-state index in [0.717, 1.165) is 36.9 Å². The Balaban J connectivity index is 2.15. The average Bonchev–Trinajstić information content (AvgIpc) is 2.53. The number of unbranched alkanes of at least 4 members (excludes halogenated alkanes) is 1. The first-order chi connectivity index (χ1) is 10.5. The summed E-state index contributed by atoms with van der Waals surface area (Å²) in [6.07, 6.45) is 3.98. The maximum atomic E-state index is 12.4. The molecule has 0 spiro atoms. The van der Waals surface area contributed by atoms with E-state index in [-0.39, 0.29) is 4.90 Å². The van der Waals surface area contributed by atoms with Crippen LogP contribution in [-0.4, -0.2) is 13.4 Å². The lowest BCUT2D eigenvalue weighted by Gasteiger charge is -2.09. The molecule has 0 aliphatic rings. The first-order valence-electron chi connectivity index (χ1n) is 7.63. The average molecular weight is 318 g/mol. The molecule has 0 aliphatic carbocycles. The Hall–Kier alpha value is -1.88. The van der Waals surface area contributed by atoms with Gasteiger partial charge in [-0.1, -0.05) is 38.5 Å². The minimum atomic E-state index is -3.59. The molecular weight excluding hydrogens is 296 g/mol. The molecule has 22 heavy (non-hydrogen) atoms. The molecule has 0 amide bonds. The Morgan fingerprint density at radius 3 is 2.41 bits per heavy atom. The monoisotopic (exact) mass is 318 g/mol.